The van der Waals surface area contributed by atoms with Gasteiger partial charge in [0.1, 0.15) is 5.82 Å². The molecule has 0 radical (unpaired) electrons. The summed E-state index contributed by atoms with van der Waals surface area (Å²) in [5.41, 5.74) is 0.687. The van der Waals surface area contributed by atoms with Crippen molar-refractivity contribution < 1.29 is 9.18 Å². The van der Waals surface area contributed by atoms with Crippen molar-refractivity contribution in [3.8, 4) is 0 Å². The number of ketones is 1. The summed E-state index contributed by atoms with van der Waals surface area (Å²) < 4.78 is 13.7. The van der Waals surface area contributed by atoms with Crippen LogP contribution >= 0.6 is 27.3 Å². The van der Waals surface area contributed by atoms with Crippen molar-refractivity contribution in [3.63, 3.8) is 0 Å². The van der Waals surface area contributed by atoms with Crippen molar-refractivity contribution in [2.75, 3.05) is 0 Å². The molecule has 0 aliphatic heterocycles. The number of rotatable bonds is 4. The molecule has 0 N–H and O–H groups in total. The minimum Gasteiger partial charge on any atom is -0.293 e. The Bertz CT molecular complexity index is 577. The molecule has 2 aromatic rings. The second-order valence-electron chi connectivity index (χ2n) is 3.93. The molecule has 1 aromatic carbocycles. The lowest BCUT2D eigenvalue weighted by molar-refractivity contribution is 0.0996. The first-order chi connectivity index (χ1) is 8.61. The Morgan fingerprint density at radius 1 is 1.33 bits per heavy atom. The van der Waals surface area contributed by atoms with Crippen LogP contribution in [0.25, 0.3) is 0 Å². The summed E-state index contributed by atoms with van der Waals surface area (Å²) in [6.45, 7) is 2.06. The number of thiophene rings is 1. The fourth-order valence-electron chi connectivity index (χ4n) is 1.66. The summed E-state index contributed by atoms with van der Waals surface area (Å²) in [6.07, 6.45) is 1.16. The van der Waals surface area contributed by atoms with Crippen LogP contribution in [0, 0.1) is 5.82 Å². The lowest BCUT2D eigenvalue weighted by Crippen LogP contribution is -2.02. The fraction of sp³-hybridized carbons (Fsp3) is 0.214. The van der Waals surface area contributed by atoms with Crippen LogP contribution in [0.4, 0.5) is 4.39 Å². The van der Waals surface area contributed by atoms with E-state index in [2.05, 4.69) is 22.9 Å². The molecule has 0 saturated heterocycles. The quantitative estimate of drug-likeness (QED) is 0.748. The highest BCUT2D eigenvalue weighted by molar-refractivity contribution is 9.10. The van der Waals surface area contributed by atoms with Crippen LogP contribution in [-0.4, -0.2) is 5.78 Å². The Labute approximate surface area is 118 Å². The van der Waals surface area contributed by atoms with Gasteiger partial charge < -0.3 is 0 Å². The molecule has 0 aliphatic carbocycles. The number of hydrogen-bond donors (Lipinski definition) is 0. The molecule has 4 heteroatoms. The second kappa shape index (κ2) is 5.76. The van der Waals surface area contributed by atoms with Crippen LogP contribution in [0.5, 0.6) is 0 Å². The molecule has 0 bridgehead atoms. The van der Waals surface area contributed by atoms with E-state index in [1.165, 1.54) is 22.3 Å². The van der Waals surface area contributed by atoms with Crippen LogP contribution < -0.4 is 0 Å². The first-order valence-electron chi connectivity index (χ1n) is 5.66. The van der Waals surface area contributed by atoms with Crippen LogP contribution in [-0.2, 0) is 12.8 Å². The van der Waals surface area contributed by atoms with Crippen molar-refractivity contribution in [1.29, 1.82) is 0 Å². The molecule has 94 valence electrons. The molecule has 0 atom stereocenters. The van der Waals surface area contributed by atoms with E-state index >= 15 is 0 Å². The van der Waals surface area contributed by atoms with Crippen molar-refractivity contribution >= 4 is 33.0 Å². The standard InChI is InChI=1S/C14H12BrFOS/c1-2-10-6-7-13(18-10)12(17)8-9-4-3-5-11(16)14(9)15/h3-7H,2,8H2,1H3. The highest BCUT2D eigenvalue weighted by Crippen LogP contribution is 2.24. The summed E-state index contributed by atoms with van der Waals surface area (Å²) in [5.74, 6) is -0.299. The van der Waals surface area contributed by atoms with Gasteiger partial charge in [-0.05, 0) is 46.1 Å². The Balaban J connectivity index is 2.18. The Hall–Kier alpha value is -1.00. The van der Waals surface area contributed by atoms with Crippen molar-refractivity contribution in [3.05, 3.63) is 55.9 Å². The molecule has 1 nitrogen and oxygen atoms in total. The van der Waals surface area contributed by atoms with E-state index in [9.17, 15) is 9.18 Å². The molecular weight excluding hydrogens is 315 g/mol. The molecule has 0 aliphatic rings. The van der Waals surface area contributed by atoms with Gasteiger partial charge in [0.2, 0.25) is 0 Å². The number of carbonyl (C=O) groups excluding carboxylic acids is 1. The van der Waals surface area contributed by atoms with Crippen molar-refractivity contribution in [1.82, 2.24) is 0 Å². The largest absolute Gasteiger partial charge is 0.293 e. The summed E-state index contributed by atoms with van der Waals surface area (Å²) in [4.78, 5) is 14.0. The first kappa shape index (κ1) is 13.4. The van der Waals surface area contributed by atoms with E-state index in [1.807, 2.05) is 12.1 Å². The predicted molar refractivity (Wildman–Crippen MR) is 75.8 cm³/mol. The van der Waals surface area contributed by atoms with E-state index < -0.39 is 0 Å². The summed E-state index contributed by atoms with van der Waals surface area (Å²) in [5, 5.41) is 0. The van der Waals surface area contributed by atoms with Crippen LogP contribution in [0.1, 0.15) is 27.0 Å². The monoisotopic (exact) mass is 326 g/mol. The van der Waals surface area contributed by atoms with E-state index in [0.717, 1.165) is 11.3 Å². The smallest absolute Gasteiger partial charge is 0.177 e. The number of carbonyl (C=O) groups is 1. The van der Waals surface area contributed by atoms with Crippen LogP contribution in [0.2, 0.25) is 0 Å². The van der Waals surface area contributed by atoms with Crippen LogP contribution in [0.15, 0.2) is 34.8 Å². The normalized spacial score (nSPS) is 10.6. The molecule has 1 aromatic heterocycles. The van der Waals surface area contributed by atoms with E-state index in [1.54, 1.807) is 12.1 Å². The van der Waals surface area contributed by atoms with E-state index in [-0.39, 0.29) is 18.0 Å². The number of hydrogen-bond acceptors (Lipinski definition) is 2. The second-order valence-corrected chi connectivity index (χ2v) is 5.89. The maximum absolute atomic E-state index is 13.3. The van der Waals surface area contributed by atoms with Crippen molar-refractivity contribution in [2.45, 2.75) is 19.8 Å². The van der Waals surface area contributed by atoms with Gasteiger partial charge in [0.15, 0.2) is 5.78 Å². The van der Waals surface area contributed by atoms with Gasteiger partial charge in [-0.2, -0.15) is 0 Å². The minimum absolute atomic E-state index is 0.0333. The number of halogens is 2. The van der Waals surface area contributed by atoms with Gasteiger partial charge in [-0.1, -0.05) is 19.1 Å². The van der Waals surface area contributed by atoms with Gasteiger partial charge in [0, 0.05) is 11.3 Å². The third-order valence-electron chi connectivity index (χ3n) is 2.67. The number of aryl methyl sites for hydroxylation is 1. The molecule has 0 spiro atoms. The minimum atomic E-state index is -0.333. The van der Waals surface area contributed by atoms with Gasteiger partial charge in [-0.3, -0.25) is 4.79 Å². The number of benzene rings is 1. The third kappa shape index (κ3) is 2.87. The Kier molecular flexibility index (Phi) is 4.30. The molecule has 0 saturated carbocycles. The van der Waals surface area contributed by atoms with E-state index in [0.29, 0.717) is 10.0 Å². The third-order valence-corrected chi connectivity index (χ3v) is 4.83. The fourth-order valence-corrected chi connectivity index (χ4v) is 2.95. The molecule has 1 heterocycles. The average molecular weight is 327 g/mol. The molecular formula is C14H12BrFOS. The topological polar surface area (TPSA) is 17.1 Å². The zero-order valence-electron chi connectivity index (χ0n) is 9.87. The highest BCUT2D eigenvalue weighted by Gasteiger charge is 2.13. The van der Waals surface area contributed by atoms with Crippen LogP contribution in [0.3, 0.4) is 0 Å². The molecule has 0 fully saturated rings. The Morgan fingerprint density at radius 2 is 2.11 bits per heavy atom. The summed E-state index contributed by atoms with van der Waals surface area (Å²) in [6, 6.07) is 8.57. The maximum atomic E-state index is 13.3. The lowest BCUT2D eigenvalue weighted by Gasteiger charge is -2.03. The zero-order chi connectivity index (χ0) is 13.1. The molecule has 2 rings (SSSR count). The maximum Gasteiger partial charge on any atom is 0.177 e. The average Bonchev–Trinajstić information content (AvgIpc) is 2.83. The Morgan fingerprint density at radius 3 is 2.78 bits per heavy atom. The van der Waals surface area contributed by atoms with Gasteiger partial charge in [0.25, 0.3) is 0 Å². The molecule has 18 heavy (non-hydrogen) atoms. The SMILES string of the molecule is CCc1ccc(C(=O)Cc2cccc(F)c2Br)s1. The van der Waals surface area contributed by atoms with Crippen molar-refractivity contribution in [2.24, 2.45) is 0 Å². The van der Waals surface area contributed by atoms with Gasteiger partial charge in [0.05, 0.1) is 9.35 Å². The van der Waals surface area contributed by atoms with E-state index in [4.69, 9.17) is 0 Å². The number of Topliss-reactive ketones (excluding diaryl/α,β-unsaturated/α-hetero) is 1. The lowest BCUT2D eigenvalue weighted by atomic mass is 10.1. The molecule has 0 amide bonds. The van der Waals surface area contributed by atoms with Gasteiger partial charge >= 0.3 is 0 Å². The predicted octanol–water partition coefficient (Wildman–Crippen LogP) is 4.64. The summed E-state index contributed by atoms with van der Waals surface area (Å²) >= 11 is 4.69. The first-order valence-corrected chi connectivity index (χ1v) is 7.27. The van der Waals surface area contributed by atoms with Gasteiger partial charge in [-0.25, -0.2) is 4.39 Å². The zero-order valence-corrected chi connectivity index (χ0v) is 12.3. The highest BCUT2D eigenvalue weighted by atomic mass is 79.9. The summed E-state index contributed by atoms with van der Waals surface area (Å²) in [7, 11) is 0. The van der Waals surface area contributed by atoms with Gasteiger partial charge in [-0.15, -0.1) is 11.3 Å². The molecule has 0 unspecified atom stereocenters.